The number of hydrogen-bond acceptors (Lipinski definition) is 5. The van der Waals surface area contributed by atoms with Crippen molar-refractivity contribution in [2.45, 2.75) is 24.4 Å². The Kier molecular flexibility index (Phi) is 7.66. The molecule has 0 aliphatic carbocycles. The van der Waals surface area contributed by atoms with Gasteiger partial charge in [0.05, 0.1) is 14.2 Å². The summed E-state index contributed by atoms with van der Waals surface area (Å²) in [4.78, 5) is 3.75. The summed E-state index contributed by atoms with van der Waals surface area (Å²) in [5, 5.41) is 3.48. The summed E-state index contributed by atoms with van der Waals surface area (Å²) in [6.45, 7) is 6.43. The van der Waals surface area contributed by atoms with Crippen LogP contribution < -0.4 is 14.8 Å². The average Bonchev–Trinajstić information content (AvgIpc) is 2.46. The third-order valence-corrected chi connectivity index (χ3v) is 4.45. The molecule has 1 saturated heterocycles. The van der Waals surface area contributed by atoms with E-state index in [1.165, 1.54) is 10.5 Å². The fourth-order valence-corrected chi connectivity index (χ4v) is 3.22. The summed E-state index contributed by atoms with van der Waals surface area (Å²) in [5.74, 6) is 1.61. The minimum atomic E-state index is 0. The minimum Gasteiger partial charge on any atom is -0.493 e. The first-order valence-electron chi connectivity index (χ1n) is 6.92. The van der Waals surface area contributed by atoms with E-state index in [0.717, 1.165) is 37.7 Å². The van der Waals surface area contributed by atoms with Crippen LogP contribution in [-0.4, -0.2) is 51.1 Å². The van der Waals surface area contributed by atoms with Gasteiger partial charge in [0.15, 0.2) is 11.5 Å². The molecule has 0 aromatic heterocycles. The maximum atomic E-state index is 5.42. The first-order valence-corrected chi connectivity index (χ1v) is 8.15. The quantitative estimate of drug-likeness (QED) is 0.838. The highest BCUT2D eigenvalue weighted by molar-refractivity contribution is 7.98. The van der Waals surface area contributed by atoms with E-state index in [1.54, 1.807) is 26.0 Å². The monoisotopic (exact) mass is 332 g/mol. The number of rotatable bonds is 5. The molecule has 1 heterocycles. The Morgan fingerprint density at radius 2 is 1.95 bits per heavy atom. The van der Waals surface area contributed by atoms with E-state index in [2.05, 4.69) is 35.5 Å². The number of nitrogens with one attached hydrogen (secondary N) is 1. The highest BCUT2D eigenvalue weighted by atomic mass is 35.5. The molecule has 4 nitrogen and oxygen atoms in total. The zero-order valence-electron chi connectivity index (χ0n) is 13.1. The molecule has 0 saturated carbocycles. The van der Waals surface area contributed by atoms with Crippen LogP contribution in [0.2, 0.25) is 0 Å². The molecule has 120 valence electrons. The molecule has 1 fully saturated rings. The lowest BCUT2D eigenvalue weighted by Gasteiger charge is -2.32. The molecule has 0 amide bonds. The molecule has 1 aromatic carbocycles. The normalized spacial score (nSPS) is 19.0. The summed E-state index contributed by atoms with van der Waals surface area (Å²) in [6.07, 6.45) is 2.10. The summed E-state index contributed by atoms with van der Waals surface area (Å²) in [6, 6.07) is 4.74. The van der Waals surface area contributed by atoms with Crippen LogP contribution in [0.15, 0.2) is 17.0 Å². The van der Waals surface area contributed by atoms with Crippen molar-refractivity contribution in [3.8, 4) is 11.5 Å². The van der Waals surface area contributed by atoms with Crippen LogP contribution >= 0.6 is 24.2 Å². The molecular weight excluding hydrogens is 308 g/mol. The van der Waals surface area contributed by atoms with Gasteiger partial charge in [-0.05, 0) is 30.9 Å². The molecule has 21 heavy (non-hydrogen) atoms. The molecule has 1 aliphatic heterocycles. The predicted molar refractivity (Wildman–Crippen MR) is 91.3 cm³/mol. The standard InChI is InChI=1S/C15H24N2O2S.ClH/c1-11-9-17(6-5-16-11)10-12-7-13(18-2)14(19-3)8-15(12)20-4;/h7-8,11,16H,5-6,9-10H2,1-4H3;1H. The van der Waals surface area contributed by atoms with Crippen LogP contribution in [0.5, 0.6) is 11.5 Å². The van der Waals surface area contributed by atoms with E-state index < -0.39 is 0 Å². The van der Waals surface area contributed by atoms with Crippen molar-refractivity contribution >= 4 is 24.2 Å². The van der Waals surface area contributed by atoms with E-state index in [1.807, 2.05) is 0 Å². The van der Waals surface area contributed by atoms with Crippen molar-refractivity contribution in [1.29, 1.82) is 0 Å². The van der Waals surface area contributed by atoms with E-state index in [-0.39, 0.29) is 12.4 Å². The Balaban J connectivity index is 0.00000220. The van der Waals surface area contributed by atoms with Crippen LogP contribution in [0.1, 0.15) is 12.5 Å². The number of piperazine rings is 1. The third kappa shape index (κ3) is 4.68. The van der Waals surface area contributed by atoms with Crippen LogP contribution in [0.4, 0.5) is 0 Å². The second-order valence-electron chi connectivity index (χ2n) is 5.11. The van der Waals surface area contributed by atoms with Gasteiger partial charge in [-0.3, -0.25) is 4.90 Å². The van der Waals surface area contributed by atoms with Gasteiger partial charge in [0.1, 0.15) is 0 Å². The summed E-state index contributed by atoms with van der Waals surface area (Å²) >= 11 is 1.76. The molecule has 0 bridgehead atoms. The van der Waals surface area contributed by atoms with Gasteiger partial charge < -0.3 is 14.8 Å². The second kappa shape index (κ2) is 8.73. The SMILES string of the molecule is COc1cc(CN2CCNC(C)C2)c(SC)cc1OC.Cl. The molecule has 1 N–H and O–H groups in total. The molecule has 1 atom stereocenters. The maximum absolute atomic E-state index is 5.42. The van der Waals surface area contributed by atoms with E-state index in [9.17, 15) is 0 Å². The minimum absolute atomic E-state index is 0. The van der Waals surface area contributed by atoms with Crippen molar-refractivity contribution in [2.24, 2.45) is 0 Å². The van der Waals surface area contributed by atoms with Crippen LogP contribution in [0.3, 0.4) is 0 Å². The zero-order chi connectivity index (χ0) is 14.5. The number of nitrogens with zero attached hydrogens (tertiary/aromatic N) is 1. The summed E-state index contributed by atoms with van der Waals surface area (Å²) in [7, 11) is 3.37. The van der Waals surface area contributed by atoms with Gasteiger partial charge in [-0.25, -0.2) is 0 Å². The Morgan fingerprint density at radius 3 is 2.52 bits per heavy atom. The number of ether oxygens (including phenoxy) is 2. The first-order chi connectivity index (χ1) is 9.67. The van der Waals surface area contributed by atoms with Crippen molar-refractivity contribution in [2.75, 3.05) is 40.1 Å². The van der Waals surface area contributed by atoms with Crippen molar-refractivity contribution in [3.63, 3.8) is 0 Å². The molecule has 6 heteroatoms. The molecule has 1 aromatic rings. The number of thioether (sulfide) groups is 1. The number of hydrogen-bond donors (Lipinski definition) is 1. The van der Waals surface area contributed by atoms with Gasteiger partial charge in [-0.15, -0.1) is 24.2 Å². The van der Waals surface area contributed by atoms with E-state index in [4.69, 9.17) is 9.47 Å². The first kappa shape index (κ1) is 18.4. The van der Waals surface area contributed by atoms with Gasteiger partial charge in [-0.1, -0.05) is 0 Å². The molecule has 1 aliphatic rings. The van der Waals surface area contributed by atoms with Crippen molar-refractivity contribution in [1.82, 2.24) is 10.2 Å². The predicted octanol–water partition coefficient (Wildman–Crippen LogP) is 2.64. The smallest absolute Gasteiger partial charge is 0.161 e. The number of methoxy groups -OCH3 is 2. The Bertz CT molecular complexity index is 460. The van der Waals surface area contributed by atoms with Crippen molar-refractivity contribution < 1.29 is 9.47 Å². The second-order valence-corrected chi connectivity index (χ2v) is 5.96. The maximum Gasteiger partial charge on any atom is 0.161 e. The molecule has 2 rings (SSSR count). The lowest BCUT2D eigenvalue weighted by molar-refractivity contribution is 0.198. The van der Waals surface area contributed by atoms with Crippen molar-refractivity contribution in [3.05, 3.63) is 17.7 Å². The summed E-state index contributed by atoms with van der Waals surface area (Å²) < 4.78 is 10.8. The Labute approximate surface area is 138 Å². The summed E-state index contributed by atoms with van der Waals surface area (Å²) in [5.41, 5.74) is 1.31. The third-order valence-electron chi connectivity index (χ3n) is 3.63. The van der Waals surface area contributed by atoms with Crippen LogP contribution in [0, 0.1) is 0 Å². The zero-order valence-corrected chi connectivity index (χ0v) is 14.8. The van der Waals surface area contributed by atoms with Gasteiger partial charge in [0.2, 0.25) is 0 Å². The van der Waals surface area contributed by atoms with Gasteiger partial charge in [-0.2, -0.15) is 0 Å². The number of halogens is 1. The lowest BCUT2D eigenvalue weighted by atomic mass is 10.1. The molecule has 0 radical (unpaired) electrons. The van der Waals surface area contributed by atoms with Gasteiger partial charge >= 0.3 is 0 Å². The largest absolute Gasteiger partial charge is 0.493 e. The highest BCUT2D eigenvalue weighted by Crippen LogP contribution is 2.35. The molecule has 0 spiro atoms. The Morgan fingerprint density at radius 1 is 1.29 bits per heavy atom. The van der Waals surface area contributed by atoms with E-state index >= 15 is 0 Å². The molecular formula is C15H25ClN2O2S. The fourth-order valence-electron chi connectivity index (χ4n) is 2.61. The highest BCUT2D eigenvalue weighted by Gasteiger charge is 2.18. The topological polar surface area (TPSA) is 33.7 Å². The number of benzene rings is 1. The van der Waals surface area contributed by atoms with Crippen LogP contribution in [0.25, 0.3) is 0 Å². The van der Waals surface area contributed by atoms with Gasteiger partial charge in [0, 0.05) is 37.1 Å². The van der Waals surface area contributed by atoms with Gasteiger partial charge in [0.25, 0.3) is 0 Å². The van der Waals surface area contributed by atoms with E-state index in [0.29, 0.717) is 6.04 Å². The fraction of sp³-hybridized carbons (Fsp3) is 0.600. The van der Waals surface area contributed by atoms with Crippen LogP contribution in [-0.2, 0) is 6.54 Å². The average molecular weight is 333 g/mol. The molecule has 1 unspecified atom stereocenters. The lowest BCUT2D eigenvalue weighted by Crippen LogP contribution is -2.48. The Hall–Kier alpha value is -0.620.